The van der Waals surface area contributed by atoms with Crippen LogP contribution in [-0.4, -0.2) is 11.0 Å². The summed E-state index contributed by atoms with van der Waals surface area (Å²) in [6.07, 6.45) is 1.30. The molecule has 0 saturated heterocycles. The molecule has 0 radical (unpaired) electrons. The molecule has 1 atom stereocenters. The molecule has 0 aliphatic heterocycles. The summed E-state index contributed by atoms with van der Waals surface area (Å²) in [7, 11) is 0. The maximum Gasteiger partial charge on any atom is 0.270 e. The second kappa shape index (κ2) is 7.02. The Labute approximate surface area is 136 Å². The Hall–Kier alpha value is -1.43. The van der Waals surface area contributed by atoms with Crippen LogP contribution < -0.4 is 5.73 Å². The number of nitro benzene ring substituents is 1. The summed E-state index contributed by atoms with van der Waals surface area (Å²) in [4.78, 5) is 10.2. The number of nitro groups is 1. The van der Waals surface area contributed by atoms with E-state index in [1.54, 1.807) is 6.07 Å². The van der Waals surface area contributed by atoms with Crippen molar-refractivity contribution in [1.82, 2.24) is 0 Å². The normalized spacial score (nSPS) is 12.1. The highest BCUT2D eigenvalue weighted by Gasteiger charge is 2.12. The van der Waals surface area contributed by atoms with Crippen LogP contribution in [0, 0.1) is 10.1 Å². The van der Waals surface area contributed by atoms with E-state index in [1.165, 1.54) is 12.1 Å². The summed E-state index contributed by atoms with van der Waals surface area (Å²) in [6.45, 7) is 0. The highest BCUT2D eigenvalue weighted by Crippen LogP contribution is 2.24. The number of rotatable bonds is 5. The van der Waals surface area contributed by atoms with Crippen LogP contribution >= 0.6 is 27.5 Å². The van der Waals surface area contributed by atoms with Crippen molar-refractivity contribution in [3.8, 4) is 0 Å². The van der Waals surface area contributed by atoms with Gasteiger partial charge >= 0.3 is 0 Å². The van der Waals surface area contributed by atoms with Crippen molar-refractivity contribution in [3.05, 3.63) is 73.2 Å². The zero-order chi connectivity index (χ0) is 15.4. The van der Waals surface area contributed by atoms with Gasteiger partial charge in [-0.3, -0.25) is 10.1 Å². The molecule has 110 valence electrons. The predicted molar refractivity (Wildman–Crippen MR) is 87.6 cm³/mol. The van der Waals surface area contributed by atoms with E-state index in [2.05, 4.69) is 15.9 Å². The minimum Gasteiger partial charge on any atom is -0.327 e. The van der Waals surface area contributed by atoms with Crippen molar-refractivity contribution >= 4 is 33.2 Å². The fourth-order valence-electron chi connectivity index (χ4n) is 2.09. The lowest BCUT2D eigenvalue weighted by atomic mass is 9.99. The van der Waals surface area contributed by atoms with E-state index in [9.17, 15) is 10.1 Å². The molecule has 0 heterocycles. The third kappa shape index (κ3) is 4.52. The van der Waals surface area contributed by atoms with Gasteiger partial charge in [-0.1, -0.05) is 45.7 Å². The first-order valence-corrected chi connectivity index (χ1v) is 7.55. The van der Waals surface area contributed by atoms with Crippen molar-refractivity contribution in [2.45, 2.75) is 18.9 Å². The average Bonchev–Trinajstić information content (AvgIpc) is 2.43. The SMILES string of the molecule is NC(Cc1ccc(Br)cc1)Cc1ccc([N+](=O)[O-])cc1Cl. The van der Waals surface area contributed by atoms with E-state index in [1.807, 2.05) is 24.3 Å². The topological polar surface area (TPSA) is 69.2 Å². The Kier molecular flexibility index (Phi) is 5.33. The van der Waals surface area contributed by atoms with Gasteiger partial charge in [0.1, 0.15) is 0 Å². The first kappa shape index (κ1) is 15.9. The largest absolute Gasteiger partial charge is 0.327 e. The van der Waals surface area contributed by atoms with Gasteiger partial charge in [0.05, 0.1) is 9.95 Å². The van der Waals surface area contributed by atoms with Gasteiger partial charge in [-0.05, 0) is 36.1 Å². The van der Waals surface area contributed by atoms with Crippen molar-refractivity contribution in [3.63, 3.8) is 0 Å². The summed E-state index contributed by atoms with van der Waals surface area (Å²) in [5, 5.41) is 11.1. The number of non-ortho nitro benzene ring substituents is 1. The third-order valence-electron chi connectivity index (χ3n) is 3.14. The molecule has 0 aliphatic rings. The predicted octanol–water partition coefficient (Wildman–Crippen LogP) is 4.12. The standard InChI is InChI=1S/C15H14BrClN2O2/c16-12-4-1-10(2-5-12)7-13(18)8-11-3-6-14(19(20)21)9-15(11)17/h1-6,9,13H,7-8,18H2. The fourth-order valence-corrected chi connectivity index (χ4v) is 2.61. The molecule has 2 N–H and O–H groups in total. The Morgan fingerprint density at radius 1 is 1.19 bits per heavy atom. The Balaban J connectivity index is 2.04. The van der Waals surface area contributed by atoms with Gasteiger partial charge in [-0.15, -0.1) is 0 Å². The van der Waals surface area contributed by atoms with Crippen LogP contribution in [0.4, 0.5) is 5.69 Å². The maximum atomic E-state index is 10.7. The number of hydrogen-bond donors (Lipinski definition) is 1. The van der Waals surface area contributed by atoms with E-state index >= 15 is 0 Å². The highest BCUT2D eigenvalue weighted by molar-refractivity contribution is 9.10. The maximum absolute atomic E-state index is 10.7. The van der Waals surface area contributed by atoms with E-state index in [0.29, 0.717) is 11.4 Å². The van der Waals surface area contributed by atoms with Crippen LogP contribution in [0.15, 0.2) is 46.9 Å². The van der Waals surface area contributed by atoms with Crippen LogP contribution in [0.5, 0.6) is 0 Å². The molecular formula is C15H14BrClN2O2. The third-order valence-corrected chi connectivity index (χ3v) is 4.02. The Bertz CT molecular complexity index is 647. The van der Waals surface area contributed by atoms with Crippen molar-refractivity contribution in [2.75, 3.05) is 0 Å². The van der Waals surface area contributed by atoms with Gasteiger partial charge < -0.3 is 5.73 Å². The van der Waals surface area contributed by atoms with Gasteiger partial charge in [-0.2, -0.15) is 0 Å². The second-order valence-electron chi connectivity index (χ2n) is 4.83. The zero-order valence-electron chi connectivity index (χ0n) is 11.1. The van der Waals surface area contributed by atoms with E-state index in [0.717, 1.165) is 22.0 Å². The molecular weight excluding hydrogens is 356 g/mol. The van der Waals surface area contributed by atoms with Crippen LogP contribution in [-0.2, 0) is 12.8 Å². The van der Waals surface area contributed by atoms with Crippen LogP contribution in [0.3, 0.4) is 0 Å². The van der Waals surface area contributed by atoms with Gasteiger partial charge in [0, 0.05) is 22.6 Å². The molecule has 6 heteroatoms. The van der Waals surface area contributed by atoms with Gasteiger partial charge in [-0.25, -0.2) is 0 Å². The molecule has 4 nitrogen and oxygen atoms in total. The molecule has 2 aromatic carbocycles. The summed E-state index contributed by atoms with van der Waals surface area (Å²) < 4.78 is 1.03. The lowest BCUT2D eigenvalue weighted by Crippen LogP contribution is -2.25. The van der Waals surface area contributed by atoms with Gasteiger partial charge in [0.15, 0.2) is 0 Å². The highest BCUT2D eigenvalue weighted by atomic mass is 79.9. The van der Waals surface area contributed by atoms with E-state index in [-0.39, 0.29) is 11.7 Å². The first-order chi connectivity index (χ1) is 9.95. The van der Waals surface area contributed by atoms with Crippen LogP contribution in [0.2, 0.25) is 5.02 Å². The molecule has 0 aromatic heterocycles. The molecule has 21 heavy (non-hydrogen) atoms. The number of nitrogens with zero attached hydrogens (tertiary/aromatic N) is 1. The van der Waals surface area contributed by atoms with E-state index < -0.39 is 4.92 Å². The lowest BCUT2D eigenvalue weighted by Gasteiger charge is -2.13. The molecule has 0 spiro atoms. The average molecular weight is 370 g/mol. The van der Waals surface area contributed by atoms with Crippen molar-refractivity contribution in [1.29, 1.82) is 0 Å². The summed E-state index contributed by atoms with van der Waals surface area (Å²) in [5.74, 6) is 0. The number of nitrogens with two attached hydrogens (primary N) is 1. The molecule has 2 aromatic rings. The molecule has 0 saturated carbocycles. The molecule has 0 fully saturated rings. The van der Waals surface area contributed by atoms with Crippen molar-refractivity contribution < 1.29 is 4.92 Å². The zero-order valence-corrected chi connectivity index (χ0v) is 13.5. The summed E-state index contributed by atoms with van der Waals surface area (Å²) >= 11 is 9.46. The van der Waals surface area contributed by atoms with Crippen LogP contribution in [0.25, 0.3) is 0 Å². The first-order valence-electron chi connectivity index (χ1n) is 6.38. The molecule has 2 rings (SSSR count). The second-order valence-corrected chi connectivity index (χ2v) is 6.15. The fraction of sp³-hybridized carbons (Fsp3) is 0.200. The van der Waals surface area contributed by atoms with Gasteiger partial charge in [0.25, 0.3) is 5.69 Å². The Morgan fingerprint density at radius 3 is 2.43 bits per heavy atom. The van der Waals surface area contributed by atoms with Crippen molar-refractivity contribution in [2.24, 2.45) is 5.73 Å². The molecule has 1 unspecified atom stereocenters. The minimum atomic E-state index is -0.461. The molecule has 0 bridgehead atoms. The summed E-state index contributed by atoms with van der Waals surface area (Å²) in [5.41, 5.74) is 8.10. The summed E-state index contributed by atoms with van der Waals surface area (Å²) in [6, 6.07) is 12.4. The number of hydrogen-bond acceptors (Lipinski definition) is 3. The smallest absolute Gasteiger partial charge is 0.270 e. The van der Waals surface area contributed by atoms with E-state index in [4.69, 9.17) is 17.3 Å². The van der Waals surface area contributed by atoms with Crippen LogP contribution in [0.1, 0.15) is 11.1 Å². The minimum absolute atomic E-state index is 0.00905. The quantitative estimate of drug-likeness (QED) is 0.636. The molecule has 0 amide bonds. The lowest BCUT2D eigenvalue weighted by molar-refractivity contribution is -0.384. The number of benzene rings is 2. The number of halogens is 2. The van der Waals surface area contributed by atoms with Gasteiger partial charge in [0.2, 0.25) is 0 Å². The molecule has 0 aliphatic carbocycles. The monoisotopic (exact) mass is 368 g/mol. The Morgan fingerprint density at radius 2 is 1.86 bits per heavy atom.